The smallest absolute Gasteiger partial charge is 0.196 e. The largest absolute Gasteiger partial charge is 0.440 e. The Labute approximate surface area is 108 Å². The van der Waals surface area contributed by atoms with Crippen LogP contribution in [0.3, 0.4) is 0 Å². The van der Waals surface area contributed by atoms with Crippen LogP contribution in [0.1, 0.15) is 16.3 Å². The topological polar surface area (TPSA) is 52.0 Å². The molecule has 2 aromatic heterocycles. The molecule has 0 saturated carbocycles. The van der Waals surface area contributed by atoms with Crippen LogP contribution in [0, 0.1) is 0 Å². The van der Waals surface area contributed by atoms with Crippen LogP contribution < -0.4 is 5.73 Å². The lowest BCUT2D eigenvalue weighted by Gasteiger charge is -2.08. The van der Waals surface area contributed by atoms with E-state index in [4.69, 9.17) is 10.2 Å². The summed E-state index contributed by atoms with van der Waals surface area (Å²) in [5, 5.41) is 0. The van der Waals surface area contributed by atoms with Crippen LogP contribution in [0.2, 0.25) is 0 Å². The zero-order chi connectivity index (χ0) is 11.7. The summed E-state index contributed by atoms with van der Waals surface area (Å²) in [4.78, 5) is 6.96. The fourth-order valence-electron chi connectivity index (χ4n) is 1.93. The molecule has 3 heterocycles. The van der Waals surface area contributed by atoms with Crippen LogP contribution in [0.25, 0.3) is 10.6 Å². The van der Waals surface area contributed by atoms with Crippen LogP contribution in [0.15, 0.2) is 16.7 Å². The molecule has 2 aromatic rings. The summed E-state index contributed by atoms with van der Waals surface area (Å²) >= 11 is 3.84. The Morgan fingerprint density at radius 3 is 3.24 bits per heavy atom. The molecule has 0 aromatic carbocycles. The maximum absolute atomic E-state index is 5.70. The van der Waals surface area contributed by atoms with Crippen LogP contribution >= 0.6 is 23.1 Å². The van der Waals surface area contributed by atoms with E-state index < -0.39 is 0 Å². The number of hydrogen-bond acceptors (Lipinski definition) is 5. The molecule has 3 rings (SSSR count). The predicted molar refractivity (Wildman–Crippen MR) is 72.4 cm³/mol. The SMILES string of the molecule is NCCc1ncc(-c2cc3c(s2)CCSC3)o1. The molecule has 0 fully saturated rings. The molecule has 1 aliphatic heterocycles. The maximum atomic E-state index is 5.70. The molecule has 3 nitrogen and oxygen atoms in total. The molecular formula is C12H14N2OS2. The van der Waals surface area contributed by atoms with Crippen molar-refractivity contribution in [3.63, 3.8) is 0 Å². The van der Waals surface area contributed by atoms with Gasteiger partial charge in [0.05, 0.1) is 11.1 Å². The fourth-order valence-corrected chi connectivity index (χ4v) is 4.25. The second-order valence-electron chi connectivity index (χ2n) is 4.02. The third-order valence-electron chi connectivity index (χ3n) is 2.78. The van der Waals surface area contributed by atoms with Gasteiger partial charge in [-0.3, -0.25) is 0 Å². The van der Waals surface area contributed by atoms with E-state index in [-0.39, 0.29) is 0 Å². The number of aryl methyl sites for hydroxylation is 1. The number of thiophene rings is 1. The van der Waals surface area contributed by atoms with Crippen LogP contribution in [-0.4, -0.2) is 17.3 Å². The molecule has 0 unspecified atom stereocenters. The summed E-state index contributed by atoms with van der Waals surface area (Å²) in [6.45, 7) is 0.581. The Balaban J connectivity index is 1.89. The third kappa shape index (κ3) is 2.27. The molecule has 0 atom stereocenters. The Kier molecular flexibility index (Phi) is 3.22. The second kappa shape index (κ2) is 4.84. The standard InChI is InChI=1S/C12H14N2OS2/c13-3-1-12-14-6-9(15-12)11-5-8-7-16-4-2-10(8)17-11/h5-6H,1-4,7,13H2. The lowest BCUT2D eigenvalue weighted by molar-refractivity contribution is 0.509. The minimum atomic E-state index is 0.581. The Morgan fingerprint density at radius 2 is 2.41 bits per heavy atom. The minimum Gasteiger partial charge on any atom is -0.440 e. The van der Waals surface area contributed by atoms with Crippen molar-refractivity contribution in [1.82, 2.24) is 4.98 Å². The van der Waals surface area contributed by atoms with E-state index in [1.54, 1.807) is 0 Å². The number of thioether (sulfide) groups is 1. The Hall–Kier alpha value is -0.780. The highest BCUT2D eigenvalue weighted by atomic mass is 32.2. The first-order valence-electron chi connectivity index (χ1n) is 5.71. The quantitative estimate of drug-likeness (QED) is 0.928. The van der Waals surface area contributed by atoms with Gasteiger partial charge in [0.1, 0.15) is 0 Å². The molecule has 0 radical (unpaired) electrons. The molecule has 2 N–H and O–H groups in total. The number of nitrogens with zero attached hydrogens (tertiary/aromatic N) is 1. The number of rotatable bonds is 3. The highest BCUT2D eigenvalue weighted by Gasteiger charge is 2.16. The molecule has 0 bridgehead atoms. The molecule has 0 aliphatic carbocycles. The van der Waals surface area contributed by atoms with Crippen molar-refractivity contribution < 1.29 is 4.42 Å². The van der Waals surface area contributed by atoms with Gasteiger partial charge in [0, 0.05) is 23.6 Å². The summed E-state index contributed by atoms with van der Waals surface area (Å²) in [6, 6.07) is 2.25. The summed E-state index contributed by atoms with van der Waals surface area (Å²) in [5.41, 5.74) is 6.96. The Bertz CT molecular complexity index is 495. The van der Waals surface area contributed by atoms with Gasteiger partial charge in [-0.2, -0.15) is 11.8 Å². The second-order valence-corrected chi connectivity index (χ2v) is 6.26. The van der Waals surface area contributed by atoms with Crippen molar-refractivity contribution in [3.8, 4) is 10.6 Å². The van der Waals surface area contributed by atoms with Gasteiger partial charge in [-0.15, -0.1) is 11.3 Å². The maximum Gasteiger partial charge on any atom is 0.196 e. The van der Waals surface area contributed by atoms with Crippen molar-refractivity contribution >= 4 is 23.1 Å². The van der Waals surface area contributed by atoms with E-state index in [0.29, 0.717) is 13.0 Å². The van der Waals surface area contributed by atoms with Crippen LogP contribution in [0.4, 0.5) is 0 Å². The van der Waals surface area contributed by atoms with E-state index in [0.717, 1.165) is 17.4 Å². The lowest BCUT2D eigenvalue weighted by Crippen LogP contribution is -2.02. The van der Waals surface area contributed by atoms with Crippen molar-refractivity contribution in [3.05, 3.63) is 28.6 Å². The highest BCUT2D eigenvalue weighted by molar-refractivity contribution is 7.98. The zero-order valence-electron chi connectivity index (χ0n) is 9.44. The van der Waals surface area contributed by atoms with E-state index in [9.17, 15) is 0 Å². The van der Waals surface area contributed by atoms with Crippen molar-refractivity contribution in [1.29, 1.82) is 0 Å². The average molecular weight is 266 g/mol. The molecule has 90 valence electrons. The molecule has 1 aliphatic rings. The van der Waals surface area contributed by atoms with E-state index >= 15 is 0 Å². The number of oxazole rings is 1. The van der Waals surface area contributed by atoms with Crippen LogP contribution in [0.5, 0.6) is 0 Å². The van der Waals surface area contributed by atoms with Crippen molar-refractivity contribution in [2.24, 2.45) is 5.73 Å². The summed E-state index contributed by atoms with van der Waals surface area (Å²) in [6.07, 6.45) is 3.71. The minimum absolute atomic E-state index is 0.581. The number of hydrogen-bond donors (Lipinski definition) is 1. The highest BCUT2D eigenvalue weighted by Crippen LogP contribution is 2.37. The van der Waals surface area contributed by atoms with Gasteiger partial charge >= 0.3 is 0 Å². The number of aromatic nitrogens is 1. The van der Waals surface area contributed by atoms with Gasteiger partial charge in [-0.05, 0) is 23.8 Å². The first kappa shape index (κ1) is 11.3. The predicted octanol–water partition coefficient (Wildman–Crippen LogP) is 2.69. The summed E-state index contributed by atoms with van der Waals surface area (Å²) in [5.74, 6) is 4.00. The molecule has 0 spiro atoms. The van der Waals surface area contributed by atoms with Gasteiger partial charge in [0.2, 0.25) is 0 Å². The molecular weight excluding hydrogens is 252 g/mol. The molecule has 0 amide bonds. The Morgan fingerprint density at radius 1 is 1.47 bits per heavy atom. The first-order chi connectivity index (χ1) is 8.36. The van der Waals surface area contributed by atoms with Gasteiger partial charge in [0.25, 0.3) is 0 Å². The van der Waals surface area contributed by atoms with Gasteiger partial charge in [-0.25, -0.2) is 4.98 Å². The molecule has 0 saturated heterocycles. The zero-order valence-corrected chi connectivity index (χ0v) is 11.1. The van der Waals surface area contributed by atoms with E-state index in [1.807, 2.05) is 29.3 Å². The normalized spacial score (nSPS) is 14.9. The summed E-state index contributed by atoms with van der Waals surface area (Å²) < 4.78 is 5.70. The molecule has 5 heteroatoms. The number of fused-ring (bicyclic) bond motifs is 1. The van der Waals surface area contributed by atoms with Crippen LogP contribution in [-0.2, 0) is 18.6 Å². The van der Waals surface area contributed by atoms with Crippen molar-refractivity contribution in [2.45, 2.75) is 18.6 Å². The van der Waals surface area contributed by atoms with Gasteiger partial charge in [-0.1, -0.05) is 0 Å². The van der Waals surface area contributed by atoms with Gasteiger partial charge < -0.3 is 10.2 Å². The first-order valence-corrected chi connectivity index (χ1v) is 7.68. The fraction of sp³-hybridized carbons (Fsp3) is 0.417. The summed E-state index contributed by atoms with van der Waals surface area (Å²) in [7, 11) is 0. The monoisotopic (exact) mass is 266 g/mol. The third-order valence-corrected chi connectivity index (χ3v) is 5.04. The van der Waals surface area contributed by atoms with E-state index in [2.05, 4.69) is 11.1 Å². The van der Waals surface area contributed by atoms with Crippen molar-refractivity contribution in [2.75, 3.05) is 12.3 Å². The average Bonchev–Trinajstić information content (AvgIpc) is 2.94. The van der Waals surface area contributed by atoms with E-state index in [1.165, 1.54) is 27.5 Å². The number of nitrogens with two attached hydrogens (primary N) is 1. The molecule has 17 heavy (non-hydrogen) atoms. The van der Waals surface area contributed by atoms with Gasteiger partial charge in [0.15, 0.2) is 11.7 Å². The lowest BCUT2D eigenvalue weighted by atomic mass is 10.2.